The third-order valence-electron chi connectivity index (χ3n) is 7.46. The first kappa shape index (κ1) is 22.9. The summed E-state index contributed by atoms with van der Waals surface area (Å²) in [5.74, 6) is 0.664. The Morgan fingerprint density at radius 2 is 1.62 bits per heavy atom. The minimum absolute atomic E-state index is 0.193. The van der Waals surface area contributed by atoms with Crippen LogP contribution in [0.1, 0.15) is 70.5 Å². The molecule has 32 heavy (non-hydrogen) atoms. The summed E-state index contributed by atoms with van der Waals surface area (Å²) < 4.78 is 6.22. The van der Waals surface area contributed by atoms with Gasteiger partial charge in [-0.1, -0.05) is 54.6 Å². The van der Waals surface area contributed by atoms with Gasteiger partial charge in [0.15, 0.2) is 0 Å². The van der Waals surface area contributed by atoms with E-state index in [-0.39, 0.29) is 6.04 Å². The van der Waals surface area contributed by atoms with Crippen LogP contribution in [0, 0.1) is 0 Å². The fourth-order valence-corrected chi connectivity index (χ4v) is 4.32. The van der Waals surface area contributed by atoms with E-state index in [1.165, 1.54) is 40.4 Å². The molecule has 0 bridgehead atoms. The summed E-state index contributed by atoms with van der Waals surface area (Å²) in [7, 11) is 2.68. The van der Waals surface area contributed by atoms with Gasteiger partial charge in [0.05, 0.1) is 17.2 Å². The van der Waals surface area contributed by atoms with E-state index in [9.17, 15) is 5.11 Å². The van der Waals surface area contributed by atoms with Gasteiger partial charge < -0.3 is 14.7 Å². The van der Waals surface area contributed by atoms with Crippen molar-refractivity contribution in [1.82, 2.24) is 0 Å². The van der Waals surface area contributed by atoms with Gasteiger partial charge in [0.2, 0.25) is 0 Å². The van der Waals surface area contributed by atoms with E-state index in [1.807, 2.05) is 13.8 Å². The first-order valence-electron chi connectivity index (χ1n) is 11.8. The molecule has 168 valence electrons. The largest absolute Gasteiger partial charge is 0.427 e. The molecular formula is C28H36BNO2. The van der Waals surface area contributed by atoms with Crippen LogP contribution in [0.2, 0.25) is 0 Å². The Morgan fingerprint density at radius 1 is 0.969 bits per heavy atom. The molecule has 1 fully saturated rings. The minimum atomic E-state index is -0.922. The SMILES string of the molecule is CC(c1ccccc1BOC(C)(C)C(C)(C)O)N(C)c1ccc2ccccc2c1C1CC1. The molecule has 1 aliphatic carbocycles. The summed E-state index contributed by atoms with van der Waals surface area (Å²) in [5.41, 5.74) is 3.68. The van der Waals surface area contributed by atoms with Crippen LogP contribution < -0.4 is 10.4 Å². The lowest BCUT2D eigenvalue weighted by molar-refractivity contribution is -0.0893. The van der Waals surface area contributed by atoms with Crippen molar-refractivity contribution >= 4 is 29.4 Å². The van der Waals surface area contributed by atoms with Crippen LogP contribution in [0.3, 0.4) is 0 Å². The third kappa shape index (κ3) is 4.44. The smallest absolute Gasteiger partial charge is 0.309 e. The van der Waals surface area contributed by atoms with Crippen molar-refractivity contribution < 1.29 is 9.76 Å². The van der Waals surface area contributed by atoms with Gasteiger partial charge >= 0.3 is 7.48 Å². The molecule has 3 aromatic carbocycles. The van der Waals surface area contributed by atoms with Crippen LogP contribution in [0.4, 0.5) is 5.69 Å². The molecule has 0 saturated heterocycles. The maximum Gasteiger partial charge on any atom is 0.309 e. The molecule has 1 unspecified atom stereocenters. The van der Waals surface area contributed by atoms with Crippen LogP contribution in [0.15, 0.2) is 60.7 Å². The van der Waals surface area contributed by atoms with Gasteiger partial charge in [-0.2, -0.15) is 0 Å². The second kappa shape index (κ2) is 8.57. The predicted molar refractivity (Wildman–Crippen MR) is 137 cm³/mol. The van der Waals surface area contributed by atoms with E-state index >= 15 is 0 Å². The van der Waals surface area contributed by atoms with Gasteiger partial charge in [-0.25, -0.2) is 0 Å². The summed E-state index contributed by atoms with van der Waals surface area (Å²) >= 11 is 0. The highest BCUT2D eigenvalue weighted by molar-refractivity contribution is 6.47. The lowest BCUT2D eigenvalue weighted by Crippen LogP contribution is -2.49. The summed E-state index contributed by atoms with van der Waals surface area (Å²) in [4.78, 5) is 2.42. The molecule has 4 heteroatoms. The molecule has 0 aromatic heterocycles. The van der Waals surface area contributed by atoms with Gasteiger partial charge in [0, 0.05) is 12.7 Å². The topological polar surface area (TPSA) is 32.7 Å². The van der Waals surface area contributed by atoms with Crippen molar-refractivity contribution in [3.8, 4) is 0 Å². The minimum Gasteiger partial charge on any atom is -0.427 e. The third-order valence-corrected chi connectivity index (χ3v) is 7.46. The average molecular weight is 429 g/mol. The van der Waals surface area contributed by atoms with E-state index in [1.54, 1.807) is 13.8 Å². The lowest BCUT2D eigenvalue weighted by Gasteiger charge is -2.38. The number of rotatable bonds is 8. The van der Waals surface area contributed by atoms with Gasteiger partial charge in [-0.3, -0.25) is 0 Å². The zero-order chi connectivity index (χ0) is 23.1. The number of aliphatic hydroxyl groups is 1. The number of hydrogen-bond acceptors (Lipinski definition) is 3. The first-order chi connectivity index (χ1) is 15.1. The fraction of sp³-hybridized carbons (Fsp3) is 0.429. The zero-order valence-corrected chi connectivity index (χ0v) is 20.4. The fourth-order valence-electron chi connectivity index (χ4n) is 4.32. The van der Waals surface area contributed by atoms with Crippen LogP contribution in [-0.2, 0) is 4.65 Å². The van der Waals surface area contributed by atoms with Crippen molar-refractivity contribution in [3.63, 3.8) is 0 Å². The van der Waals surface area contributed by atoms with Gasteiger partial charge in [-0.15, -0.1) is 0 Å². The highest BCUT2D eigenvalue weighted by Gasteiger charge is 2.36. The van der Waals surface area contributed by atoms with Crippen LogP contribution in [0.5, 0.6) is 0 Å². The molecule has 1 N–H and O–H groups in total. The summed E-state index contributed by atoms with van der Waals surface area (Å²) in [6, 6.07) is 22.0. The average Bonchev–Trinajstić information content (AvgIpc) is 3.60. The van der Waals surface area contributed by atoms with Gasteiger partial charge in [0.1, 0.15) is 0 Å². The van der Waals surface area contributed by atoms with E-state index in [0.717, 1.165) is 5.46 Å². The van der Waals surface area contributed by atoms with Crippen LogP contribution >= 0.6 is 0 Å². The van der Waals surface area contributed by atoms with Crippen molar-refractivity contribution in [2.75, 3.05) is 11.9 Å². The Kier molecular flexibility index (Phi) is 6.13. The molecular weight excluding hydrogens is 393 g/mol. The Bertz CT molecular complexity index is 1100. The number of nitrogens with zero attached hydrogens (tertiary/aromatic N) is 1. The monoisotopic (exact) mass is 429 g/mol. The normalized spacial score (nSPS) is 15.6. The second-order valence-electron chi connectivity index (χ2n) is 10.3. The van der Waals surface area contributed by atoms with Gasteiger partial charge in [-0.05, 0) is 86.8 Å². The summed E-state index contributed by atoms with van der Waals surface area (Å²) in [6.45, 7) is 9.76. The standard InChI is InChI=1S/C28H36BNO2/c1-19(22-12-9-10-14-24(22)29-32-28(4,5)27(2,3)31)30(6)25-18-17-20-11-7-8-13-23(20)26(25)21-15-16-21/h7-14,17-19,21,29,31H,15-16H2,1-6H3. The molecule has 0 heterocycles. The predicted octanol–water partition coefficient (Wildman–Crippen LogP) is 5.46. The molecule has 4 rings (SSSR count). The van der Waals surface area contributed by atoms with E-state index in [0.29, 0.717) is 13.4 Å². The van der Waals surface area contributed by atoms with Crippen LogP contribution in [-0.4, -0.2) is 30.8 Å². The van der Waals surface area contributed by atoms with Crippen molar-refractivity contribution in [2.24, 2.45) is 0 Å². The molecule has 0 radical (unpaired) electrons. The highest BCUT2D eigenvalue weighted by Crippen LogP contribution is 2.48. The second-order valence-corrected chi connectivity index (χ2v) is 10.3. The molecule has 1 aliphatic rings. The Balaban J connectivity index is 1.65. The number of fused-ring (bicyclic) bond motifs is 1. The maximum absolute atomic E-state index is 10.5. The summed E-state index contributed by atoms with van der Waals surface area (Å²) in [6.07, 6.45) is 2.55. The quantitative estimate of drug-likeness (QED) is 0.483. The lowest BCUT2D eigenvalue weighted by atomic mass is 9.78. The number of anilines is 1. The van der Waals surface area contributed by atoms with Crippen LogP contribution in [0.25, 0.3) is 10.8 Å². The Labute approximate surface area is 193 Å². The first-order valence-corrected chi connectivity index (χ1v) is 11.8. The van der Waals surface area contributed by atoms with E-state index in [2.05, 4.69) is 79.5 Å². The van der Waals surface area contributed by atoms with E-state index in [4.69, 9.17) is 4.65 Å². The number of benzene rings is 3. The van der Waals surface area contributed by atoms with E-state index < -0.39 is 11.2 Å². The van der Waals surface area contributed by atoms with Crippen molar-refractivity contribution in [3.05, 3.63) is 71.8 Å². The molecule has 0 amide bonds. The zero-order valence-electron chi connectivity index (χ0n) is 20.4. The maximum atomic E-state index is 10.5. The highest BCUT2D eigenvalue weighted by atomic mass is 16.5. The van der Waals surface area contributed by atoms with Gasteiger partial charge in [0.25, 0.3) is 0 Å². The van der Waals surface area contributed by atoms with Crippen molar-refractivity contribution in [2.45, 2.75) is 70.6 Å². The van der Waals surface area contributed by atoms with Crippen molar-refractivity contribution in [1.29, 1.82) is 0 Å². The molecule has 3 aromatic rings. The Hall–Kier alpha value is -2.30. The summed E-state index contributed by atoms with van der Waals surface area (Å²) in [5, 5.41) is 13.2. The molecule has 1 saturated carbocycles. The molecule has 0 spiro atoms. The molecule has 1 atom stereocenters. The Morgan fingerprint density at radius 3 is 2.31 bits per heavy atom. The molecule has 0 aliphatic heterocycles. The number of hydrogen-bond donors (Lipinski definition) is 1. The molecule has 3 nitrogen and oxygen atoms in total.